The lowest BCUT2D eigenvalue weighted by atomic mass is 9.85. The van der Waals surface area contributed by atoms with Crippen LogP contribution in [0.5, 0.6) is 0 Å². The summed E-state index contributed by atoms with van der Waals surface area (Å²) in [6.45, 7) is 4.32. The highest BCUT2D eigenvalue weighted by molar-refractivity contribution is 4.80. The highest BCUT2D eigenvalue weighted by Crippen LogP contribution is 2.23. The second kappa shape index (κ2) is 7.20. The van der Waals surface area contributed by atoms with E-state index in [-0.39, 0.29) is 0 Å². The van der Waals surface area contributed by atoms with Crippen LogP contribution in [0.15, 0.2) is 0 Å². The van der Waals surface area contributed by atoms with Gasteiger partial charge in [-0.3, -0.25) is 0 Å². The Morgan fingerprint density at radius 1 is 1.40 bits per heavy atom. The molecule has 2 N–H and O–H groups in total. The molecule has 1 rings (SSSR count). The third-order valence-corrected chi connectivity index (χ3v) is 3.32. The molecule has 0 aromatic carbocycles. The predicted molar refractivity (Wildman–Crippen MR) is 61.9 cm³/mol. The van der Waals surface area contributed by atoms with E-state index in [0.29, 0.717) is 24.5 Å². The van der Waals surface area contributed by atoms with Gasteiger partial charge in [-0.25, -0.2) is 0 Å². The lowest BCUT2D eigenvalue weighted by Gasteiger charge is -2.31. The molecule has 0 spiro atoms. The van der Waals surface area contributed by atoms with Crippen molar-refractivity contribution < 1.29 is 9.84 Å². The minimum absolute atomic E-state index is 0.330. The van der Waals surface area contributed by atoms with E-state index in [0.717, 1.165) is 13.2 Å². The minimum atomic E-state index is 0.330. The lowest BCUT2D eigenvalue weighted by Crippen LogP contribution is -2.42. The highest BCUT2D eigenvalue weighted by Gasteiger charge is 2.24. The molecule has 0 heterocycles. The zero-order valence-corrected chi connectivity index (χ0v) is 10.0. The summed E-state index contributed by atoms with van der Waals surface area (Å²) in [6.07, 6.45) is 4.96. The minimum Gasteiger partial charge on any atom is -0.396 e. The molecule has 3 heteroatoms. The SMILES string of the molecule is COCC(C)CNC1CCCCC1CO. The first-order chi connectivity index (χ1) is 7.27. The molecule has 1 fully saturated rings. The maximum atomic E-state index is 9.27. The molecule has 0 aromatic heterocycles. The molecule has 15 heavy (non-hydrogen) atoms. The molecule has 0 radical (unpaired) electrons. The van der Waals surface area contributed by atoms with Crippen LogP contribution in [0.1, 0.15) is 32.6 Å². The molecule has 0 bridgehead atoms. The van der Waals surface area contributed by atoms with Crippen LogP contribution in [-0.4, -0.2) is 38.0 Å². The first kappa shape index (κ1) is 12.9. The molecule has 0 saturated heterocycles. The van der Waals surface area contributed by atoms with Crippen molar-refractivity contribution in [1.82, 2.24) is 5.32 Å². The Bertz CT molecular complexity index is 164. The standard InChI is InChI=1S/C12H25NO2/c1-10(9-15-2)7-13-12-6-4-3-5-11(12)8-14/h10-14H,3-9H2,1-2H3. The highest BCUT2D eigenvalue weighted by atomic mass is 16.5. The number of hydrogen-bond donors (Lipinski definition) is 2. The third-order valence-electron chi connectivity index (χ3n) is 3.32. The second-order valence-corrected chi connectivity index (χ2v) is 4.80. The van der Waals surface area contributed by atoms with Gasteiger partial charge in [-0.05, 0) is 24.7 Å². The molecular formula is C12H25NO2. The van der Waals surface area contributed by atoms with E-state index < -0.39 is 0 Å². The van der Waals surface area contributed by atoms with Crippen molar-refractivity contribution in [3.63, 3.8) is 0 Å². The number of hydrogen-bond acceptors (Lipinski definition) is 3. The van der Waals surface area contributed by atoms with Crippen LogP contribution in [-0.2, 0) is 4.74 Å². The van der Waals surface area contributed by atoms with Gasteiger partial charge in [0.2, 0.25) is 0 Å². The maximum absolute atomic E-state index is 9.27. The Labute approximate surface area is 93.2 Å². The number of aliphatic hydroxyl groups excluding tert-OH is 1. The maximum Gasteiger partial charge on any atom is 0.0499 e. The van der Waals surface area contributed by atoms with Crippen molar-refractivity contribution in [2.24, 2.45) is 11.8 Å². The van der Waals surface area contributed by atoms with Crippen molar-refractivity contribution >= 4 is 0 Å². The van der Waals surface area contributed by atoms with Crippen LogP contribution in [0.4, 0.5) is 0 Å². The summed E-state index contributed by atoms with van der Waals surface area (Å²) in [5.74, 6) is 1.02. The van der Waals surface area contributed by atoms with Crippen LogP contribution < -0.4 is 5.32 Å². The van der Waals surface area contributed by atoms with Crippen molar-refractivity contribution in [2.45, 2.75) is 38.6 Å². The fraction of sp³-hybridized carbons (Fsp3) is 1.00. The van der Waals surface area contributed by atoms with E-state index >= 15 is 0 Å². The Morgan fingerprint density at radius 3 is 2.80 bits per heavy atom. The average molecular weight is 215 g/mol. The normalized spacial score (nSPS) is 29.0. The molecule has 0 aliphatic heterocycles. The molecular weight excluding hydrogens is 190 g/mol. The van der Waals surface area contributed by atoms with Crippen molar-refractivity contribution in [3.8, 4) is 0 Å². The number of ether oxygens (including phenoxy) is 1. The summed E-state index contributed by atoms with van der Waals surface area (Å²) in [5, 5.41) is 12.8. The fourth-order valence-corrected chi connectivity index (χ4v) is 2.39. The van der Waals surface area contributed by atoms with Gasteiger partial charge >= 0.3 is 0 Å². The van der Waals surface area contributed by atoms with Gasteiger partial charge in [-0.2, -0.15) is 0 Å². The van der Waals surface area contributed by atoms with Gasteiger partial charge in [0.05, 0.1) is 0 Å². The van der Waals surface area contributed by atoms with Crippen LogP contribution in [0, 0.1) is 11.8 Å². The van der Waals surface area contributed by atoms with Crippen LogP contribution in [0.25, 0.3) is 0 Å². The summed E-state index contributed by atoms with van der Waals surface area (Å²) >= 11 is 0. The second-order valence-electron chi connectivity index (χ2n) is 4.80. The Morgan fingerprint density at radius 2 is 2.13 bits per heavy atom. The number of nitrogens with one attached hydrogen (secondary N) is 1. The largest absolute Gasteiger partial charge is 0.396 e. The van der Waals surface area contributed by atoms with E-state index in [2.05, 4.69) is 12.2 Å². The molecule has 90 valence electrons. The quantitative estimate of drug-likeness (QED) is 0.704. The van der Waals surface area contributed by atoms with Gasteiger partial charge < -0.3 is 15.2 Å². The fourth-order valence-electron chi connectivity index (χ4n) is 2.39. The molecule has 3 atom stereocenters. The molecule has 1 aliphatic carbocycles. The van der Waals surface area contributed by atoms with Gasteiger partial charge in [0.1, 0.15) is 0 Å². The van der Waals surface area contributed by atoms with Crippen molar-refractivity contribution in [3.05, 3.63) is 0 Å². The van der Waals surface area contributed by atoms with Crippen LogP contribution >= 0.6 is 0 Å². The molecule has 1 saturated carbocycles. The zero-order chi connectivity index (χ0) is 11.1. The summed E-state index contributed by atoms with van der Waals surface area (Å²) in [5.41, 5.74) is 0. The number of rotatable bonds is 6. The summed E-state index contributed by atoms with van der Waals surface area (Å²) < 4.78 is 5.11. The van der Waals surface area contributed by atoms with E-state index in [1.54, 1.807) is 7.11 Å². The Hall–Kier alpha value is -0.120. The van der Waals surface area contributed by atoms with E-state index in [9.17, 15) is 5.11 Å². The monoisotopic (exact) mass is 215 g/mol. The predicted octanol–water partition coefficient (Wildman–Crippen LogP) is 1.41. The summed E-state index contributed by atoms with van der Waals surface area (Å²) in [4.78, 5) is 0. The smallest absolute Gasteiger partial charge is 0.0499 e. The third kappa shape index (κ3) is 4.49. The summed E-state index contributed by atoms with van der Waals surface area (Å²) in [7, 11) is 1.74. The van der Waals surface area contributed by atoms with E-state index in [1.165, 1.54) is 25.7 Å². The first-order valence-electron chi connectivity index (χ1n) is 6.11. The van der Waals surface area contributed by atoms with Gasteiger partial charge in [-0.1, -0.05) is 19.8 Å². The van der Waals surface area contributed by atoms with Crippen LogP contribution in [0.3, 0.4) is 0 Å². The molecule has 3 unspecified atom stereocenters. The number of methoxy groups -OCH3 is 1. The Balaban J connectivity index is 2.22. The number of aliphatic hydroxyl groups is 1. The zero-order valence-electron chi connectivity index (χ0n) is 10.0. The average Bonchev–Trinajstić information content (AvgIpc) is 2.27. The summed E-state index contributed by atoms with van der Waals surface area (Å²) in [6, 6.07) is 0.517. The van der Waals surface area contributed by atoms with Gasteiger partial charge in [0, 0.05) is 32.9 Å². The topological polar surface area (TPSA) is 41.5 Å². The lowest BCUT2D eigenvalue weighted by molar-refractivity contribution is 0.133. The van der Waals surface area contributed by atoms with Gasteiger partial charge in [0.25, 0.3) is 0 Å². The van der Waals surface area contributed by atoms with E-state index in [1.807, 2.05) is 0 Å². The Kier molecular flexibility index (Phi) is 6.22. The van der Waals surface area contributed by atoms with Gasteiger partial charge in [-0.15, -0.1) is 0 Å². The van der Waals surface area contributed by atoms with E-state index in [4.69, 9.17) is 4.74 Å². The van der Waals surface area contributed by atoms with Crippen molar-refractivity contribution in [2.75, 3.05) is 26.9 Å². The van der Waals surface area contributed by atoms with Crippen molar-refractivity contribution in [1.29, 1.82) is 0 Å². The van der Waals surface area contributed by atoms with Crippen LogP contribution in [0.2, 0.25) is 0 Å². The molecule has 0 aromatic rings. The first-order valence-corrected chi connectivity index (χ1v) is 6.11. The molecule has 3 nitrogen and oxygen atoms in total. The van der Waals surface area contributed by atoms with Gasteiger partial charge in [0.15, 0.2) is 0 Å². The molecule has 1 aliphatic rings. The molecule has 0 amide bonds.